The van der Waals surface area contributed by atoms with Crippen LogP contribution in [0.5, 0.6) is 0 Å². The lowest BCUT2D eigenvalue weighted by Gasteiger charge is -2.34. The average Bonchev–Trinajstić information content (AvgIpc) is 2.69. The van der Waals surface area contributed by atoms with Crippen molar-refractivity contribution in [2.45, 2.75) is 0 Å². The molecule has 6 nitrogen and oxygen atoms in total. The Morgan fingerprint density at radius 3 is 2.41 bits per heavy atom. The van der Waals surface area contributed by atoms with Gasteiger partial charge < -0.3 is 9.64 Å². The summed E-state index contributed by atoms with van der Waals surface area (Å²) in [6.07, 6.45) is 1.56. The summed E-state index contributed by atoms with van der Waals surface area (Å²) >= 11 is 11.8. The van der Waals surface area contributed by atoms with Crippen LogP contribution in [0.1, 0.15) is 20.7 Å². The van der Waals surface area contributed by atoms with Crippen LogP contribution in [0, 0.1) is 0 Å². The van der Waals surface area contributed by atoms with Gasteiger partial charge in [0.1, 0.15) is 11.8 Å². The molecule has 0 unspecified atom stereocenters. The molecule has 1 amide bonds. The molecule has 142 valence electrons. The van der Waals surface area contributed by atoms with E-state index in [2.05, 4.69) is 9.88 Å². The highest BCUT2D eigenvalue weighted by Gasteiger charge is 2.23. The van der Waals surface area contributed by atoms with E-state index in [1.54, 1.807) is 47.5 Å². The number of rotatable bonds is 5. The van der Waals surface area contributed by atoms with E-state index >= 15 is 0 Å². The number of benzene rings is 1. The minimum atomic E-state index is -0.369. The van der Waals surface area contributed by atoms with Crippen molar-refractivity contribution in [2.75, 3.05) is 39.3 Å². The van der Waals surface area contributed by atoms with E-state index in [9.17, 15) is 9.59 Å². The fourth-order valence-electron chi connectivity index (χ4n) is 2.83. The summed E-state index contributed by atoms with van der Waals surface area (Å²) in [5.74, 6) is -0.478. The van der Waals surface area contributed by atoms with Crippen LogP contribution in [0.4, 0.5) is 0 Å². The Morgan fingerprint density at radius 1 is 1.04 bits per heavy atom. The van der Waals surface area contributed by atoms with Crippen molar-refractivity contribution in [2.24, 2.45) is 0 Å². The van der Waals surface area contributed by atoms with Gasteiger partial charge in [0.15, 0.2) is 0 Å². The lowest BCUT2D eigenvalue weighted by Crippen LogP contribution is -2.49. The lowest BCUT2D eigenvalue weighted by atomic mass is 10.2. The second-order valence-corrected chi connectivity index (χ2v) is 6.91. The summed E-state index contributed by atoms with van der Waals surface area (Å²) in [5.41, 5.74) is 0.896. The smallest absolute Gasteiger partial charge is 0.338 e. The minimum Gasteiger partial charge on any atom is -0.461 e. The third-order valence-electron chi connectivity index (χ3n) is 4.37. The zero-order valence-corrected chi connectivity index (χ0v) is 16.1. The van der Waals surface area contributed by atoms with Crippen molar-refractivity contribution in [1.29, 1.82) is 0 Å². The van der Waals surface area contributed by atoms with Crippen LogP contribution in [-0.4, -0.2) is 66.0 Å². The second kappa shape index (κ2) is 9.17. The first-order chi connectivity index (χ1) is 13.0. The van der Waals surface area contributed by atoms with Crippen LogP contribution in [0.25, 0.3) is 0 Å². The molecule has 1 aliphatic heterocycles. The highest BCUT2D eigenvalue weighted by Crippen LogP contribution is 2.16. The molecule has 3 rings (SSSR count). The summed E-state index contributed by atoms with van der Waals surface area (Å²) in [5, 5.41) is 0.797. The molecule has 8 heteroatoms. The molecule has 2 heterocycles. The first-order valence-corrected chi connectivity index (χ1v) is 9.35. The zero-order chi connectivity index (χ0) is 19.2. The molecule has 0 N–H and O–H groups in total. The van der Waals surface area contributed by atoms with Gasteiger partial charge in [-0.15, -0.1) is 0 Å². The Morgan fingerprint density at radius 2 is 1.74 bits per heavy atom. The Bertz CT molecular complexity index is 806. The number of carbonyl (C=O) groups excluding carboxylic acids is 2. The maximum Gasteiger partial charge on any atom is 0.338 e. The van der Waals surface area contributed by atoms with Crippen LogP contribution in [0.3, 0.4) is 0 Å². The molecule has 0 radical (unpaired) electrons. The van der Waals surface area contributed by atoms with Crippen LogP contribution < -0.4 is 0 Å². The summed E-state index contributed by atoms with van der Waals surface area (Å²) < 4.78 is 5.30. The molecule has 1 aromatic carbocycles. The fraction of sp³-hybridized carbons (Fsp3) is 0.316. The average molecular weight is 408 g/mol. The van der Waals surface area contributed by atoms with Gasteiger partial charge in [0.25, 0.3) is 5.91 Å². The molecule has 2 aromatic rings. The predicted molar refractivity (Wildman–Crippen MR) is 103 cm³/mol. The van der Waals surface area contributed by atoms with Gasteiger partial charge in [-0.05, 0) is 36.4 Å². The number of amides is 1. The summed E-state index contributed by atoms with van der Waals surface area (Å²) in [4.78, 5) is 32.4. The number of esters is 1. The molecule has 1 saturated heterocycles. The summed E-state index contributed by atoms with van der Waals surface area (Å²) in [6, 6.07) is 9.97. The second-order valence-electron chi connectivity index (χ2n) is 6.12. The fourth-order valence-corrected chi connectivity index (χ4v) is 3.15. The summed E-state index contributed by atoms with van der Waals surface area (Å²) in [7, 11) is 0. The van der Waals surface area contributed by atoms with E-state index in [1.165, 1.54) is 0 Å². The van der Waals surface area contributed by atoms with Crippen LogP contribution in [0.2, 0.25) is 10.2 Å². The molecule has 0 bridgehead atoms. The van der Waals surface area contributed by atoms with Crippen LogP contribution in [0.15, 0.2) is 42.6 Å². The van der Waals surface area contributed by atoms with Crippen LogP contribution >= 0.6 is 23.2 Å². The standard InChI is InChI=1S/C19H19Cl2N3O3/c20-15-5-3-14(4-6-15)19(26)27-13-12-23-8-10-24(11-9-23)18(25)16-2-1-7-22-17(16)21/h1-7H,8-13H2. The highest BCUT2D eigenvalue weighted by atomic mass is 35.5. The van der Waals surface area contributed by atoms with Gasteiger partial charge in [0.2, 0.25) is 0 Å². The van der Waals surface area contributed by atoms with E-state index in [0.29, 0.717) is 55.5 Å². The molecular weight excluding hydrogens is 389 g/mol. The number of halogens is 2. The zero-order valence-electron chi connectivity index (χ0n) is 14.6. The Balaban J connectivity index is 1.42. The number of hydrogen-bond donors (Lipinski definition) is 0. The Kier molecular flexibility index (Phi) is 6.66. The third kappa shape index (κ3) is 5.19. The van der Waals surface area contributed by atoms with Gasteiger partial charge in [0, 0.05) is 43.9 Å². The lowest BCUT2D eigenvalue weighted by molar-refractivity contribution is 0.0412. The van der Waals surface area contributed by atoms with Crippen molar-refractivity contribution >= 4 is 35.1 Å². The number of ether oxygens (including phenoxy) is 1. The number of hydrogen-bond acceptors (Lipinski definition) is 5. The van der Waals surface area contributed by atoms with Gasteiger partial charge in [-0.2, -0.15) is 0 Å². The molecule has 1 fully saturated rings. The predicted octanol–water partition coefficient (Wildman–Crippen LogP) is 3.00. The molecule has 1 aromatic heterocycles. The molecule has 27 heavy (non-hydrogen) atoms. The maximum atomic E-state index is 12.5. The third-order valence-corrected chi connectivity index (χ3v) is 4.92. The van der Waals surface area contributed by atoms with E-state index < -0.39 is 0 Å². The quantitative estimate of drug-likeness (QED) is 0.562. The van der Waals surface area contributed by atoms with Gasteiger partial charge in [-0.25, -0.2) is 9.78 Å². The number of aromatic nitrogens is 1. The molecular formula is C19H19Cl2N3O3. The first kappa shape index (κ1) is 19.6. The van der Waals surface area contributed by atoms with E-state index in [-0.39, 0.29) is 17.0 Å². The molecule has 0 saturated carbocycles. The number of carbonyl (C=O) groups is 2. The topological polar surface area (TPSA) is 62.7 Å². The SMILES string of the molecule is O=C(OCCN1CCN(C(=O)c2cccnc2Cl)CC1)c1ccc(Cl)cc1. The van der Waals surface area contributed by atoms with Crippen molar-refractivity contribution in [3.63, 3.8) is 0 Å². The van der Waals surface area contributed by atoms with Gasteiger partial charge >= 0.3 is 5.97 Å². The van der Waals surface area contributed by atoms with E-state index in [1.807, 2.05) is 0 Å². The number of pyridine rings is 1. The largest absolute Gasteiger partial charge is 0.461 e. The van der Waals surface area contributed by atoms with E-state index in [0.717, 1.165) is 0 Å². The Hall–Kier alpha value is -2.15. The van der Waals surface area contributed by atoms with Crippen LogP contribution in [-0.2, 0) is 4.74 Å². The first-order valence-electron chi connectivity index (χ1n) is 8.59. The molecule has 0 spiro atoms. The van der Waals surface area contributed by atoms with E-state index in [4.69, 9.17) is 27.9 Å². The minimum absolute atomic E-state index is 0.109. The van der Waals surface area contributed by atoms with Crippen molar-refractivity contribution in [1.82, 2.24) is 14.8 Å². The van der Waals surface area contributed by atoms with Crippen molar-refractivity contribution < 1.29 is 14.3 Å². The maximum absolute atomic E-state index is 12.5. The molecule has 1 aliphatic rings. The van der Waals surface area contributed by atoms with Gasteiger partial charge in [0.05, 0.1) is 11.1 Å². The molecule has 0 aliphatic carbocycles. The monoisotopic (exact) mass is 407 g/mol. The van der Waals surface area contributed by atoms with Gasteiger partial charge in [-0.3, -0.25) is 9.69 Å². The van der Waals surface area contributed by atoms with Crippen molar-refractivity contribution in [3.05, 3.63) is 63.9 Å². The summed E-state index contributed by atoms with van der Waals surface area (Å²) in [6.45, 7) is 3.52. The Labute approximate surface area is 167 Å². The van der Waals surface area contributed by atoms with Crippen molar-refractivity contribution in [3.8, 4) is 0 Å². The highest BCUT2D eigenvalue weighted by molar-refractivity contribution is 6.32. The number of piperazine rings is 1. The normalized spacial score (nSPS) is 14.8. The number of nitrogens with zero attached hydrogens (tertiary/aromatic N) is 3. The molecule has 0 atom stereocenters. The van der Waals surface area contributed by atoms with Gasteiger partial charge in [-0.1, -0.05) is 23.2 Å².